The van der Waals surface area contributed by atoms with E-state index in [1.807, 2.05) is 25.1 Å². The normalized spacial score (nSPS) is 11.3. The second-order valence-corrected chi connectivity index (χ2v) is 3.67. The number of hydrogen-bond donors (Lipinski definition) is 2. The van der Waals surface area contributed by atoms with Gasteiger partial charge in [0.1, 0.15) is 5.84 Å². The van der Waals surface area contributed by atoms with Crippen LogP contribution in [0.1, 0.15) is 23.6 Å². The van der Waals surface area contributed by atoms with Crippen molar-refractivity contribution < 1.29 is 4.79 Å². The van der Waals surface area contributed by atoms with Crippen LogP contribution in [0.3, 0.4) is 0 Å². The average Bonchev–Trinajstić information content (AvgIpc) is 2.25. The number of nitrogens with zero attached hydrogens (tertiary/aromatic N) is 1. The van der Waals surface area contributed by atoms with E-state index in [1.54, 1.807) is 7.05 Å². The Balaban J connectivity index is 2.87. The summed E-state index contributed by atoms with van der Waals surface area (Å²) in [5.74, 6) is 0.500. The minimum Gasteiger partial charge on any atom is -0.384 e. The molecule has 4 nitrogen and oxygen atoms in total. The number of rotatable bonds is 3. The second-order valence-electron chi connectivity index (χ2n) is 3.67. The van der Waals surface area contributed by atoms with E-state index in [4.69, 9.17) is 5.73 Å². The van der Waals surface area contributed by atoms with Crippen LogP contribution in [0.5, 0.6) is 0 Å². The van der Waals surface area contributed by atoms with E-state index in [1.165, 1.54) is 6.92 Å². The highest BCUT2D eigenvalue weighted by Gasteiger charge is 2.03. The van der Waals surface area contributed by atoms with Crippen LogP contribution in [0.25, 0.3) is 0 Å². The third-order valence-corrected chi connectivity index (χ3v) is 2.35. The fourth-order valence-electron chi connectivity index (χ4n) is 1.47. The quantitative estimate of drug-likeness (QED) is 0.587. The molecule has 0 fully saturated rings. The molecule has 0 aromatic heterocycles. The van der Waals surface area contributed by atoms with Gasteiger partial charge in [0, 0.05) is 26.1 Å². The summed E-state index contributed by atoms with van der Waals surface area (Å²) in [5, 5.41) is 2.75. The fraction of sp³-hybridized carbons (Fsp3) is 0.333. The molecule has 0 saturated heterocycles. The van der Waals surface area contributed by atoms with Crippen molar-refractivity contribution in [2.24, 2.45) is 10.7 Å². The van der Waals surface area contributed by atoms with Gasteiger partial charge in [-0.1, -0.05) is 18.2 Å². The second kappa shape index (κ2) is 5.30. The Labute approximate surface area is 95.6 Å². The first kappa shape index (κ1) is 12.2. The zero-order valence-electron chi connectivity index (χ0n) is 9.87. The van der Waals surface area contributed by atoms with Gasteiger partial charge >= 0.3 is 0 Å². The van der Waals surface area contributed by atoms with Crippen LogP contribution in [0, 0.1) is 6.92 Å². The molecule has 0 bridgehead atoms. The van der Waals surface area contributed by atoms with Crippen LogP contribution >= 0.6 is 0 Å². The number of carbonyl (C=O) groups is 1. The zero-order chi connectivity index (χ0) is 12.1. The van der Waals surface area contributed by atoms with Gasteiger partial charge in [0.15, 0.2) is 0 Å². The molecular weight excluding hydrogens is 202 g/mol. The lowest BCUT2D eigenvalue weighted by molar-refractivity contribution is -0.119. The summed E-state index contributed by atoms with van der Waals surface area (Å²) < 4.78 is 0. The molecule has 1 aromatic rings. The number of nitrogens with two attached hydrogens (primary N) is 1. The SMILES string of the molecule is CN=C(N)c1ccc(CNC(C)=O)cc1C. The van der Waals surface area contributed by atoms with Gasteiger partial charge in [0.05, 0.1) is 0 Å². The van der Waals surface area contributed by atoms with Gasteiger partial charge in [-0.15, -0.1) is 0 Å². The number of amidine groups is 1. The Kier molecular flexibility index (Phi) is 4.05. The molecule has 1 amide bonds. The van der Waals surface area contributed by atoms with Crippen LogP contribution in [0.15, 0.2) is 23.2 Å². The smallest absolute Gasteiger partial charge is 0.217 e. The lowest BCUT2D eigenvalue weighted by atomic mass is 10.0. The molecule has 0 unspecified atom stereocenters. The highest BCUT2D eigenvalue weighted by molar-refractivity contribution is 5.98. The number of nitrogens with one attached hydrogen (secondary N) is 1. The first-order valence-corrected chi connectivity index (χ1v) is 5.11. The highest BCUT2D eigenvalue weighted by atomic mass is 16.1. The van der Waals surface area contributed by atoms with Crippen molar-refractivity contribution in [3.05, 3.63) is 34.9 Å². The summed E-state index contributed by atoms with van der Waals surface area (Å²) in [4.78, 5) is 14.7. The number of aliphatic imine (C=N–C) groups is 1. The van der Waals surface area contributed by atoms with Crippen LogP contribution in [-0.4, -0.2) is 18.8 Å². The van der Waals surface area contributed by atoms with Crippen molar-refractivity contribution in [1.29, 1.82) is 0 Å². The molecular formula is C12H17N3O. The number of carbonyl (C=O) groups excluding carboxylic acids is 1. The molecule has 0 saturated carbocycles. The molecule has 0 aliphatic heterocycles. The third-order valence-electron chi connectivity index (χ3n) is 2.35. The van der Waals surface area contributed by atoms with Crippen molar-refractivity contribution in [1.82, 2.24) is 5.32 Å². The Bertz CT molecular complexity index is 424. The Morgan fingerprint density at radius 1 is 1.50 bits per heavy atom. The summed E-state index contributed by atoms with van der Waals surface area (Å²) in [6, 6.07) is 5.87. The Morgan fingerprint density at radius 2 is 2.19 bits per heavy atom. The summed E-state index contributed by atoms with van der Waals surface area (Å²) in [5.41, 5.74) is 8.80. The molecule has 0 atom stereocenters. The minimum absolute atomic E-state index is 0.0311. The Hall–Kier alpha value is -1.84. The molecule has 1 aromatic carbocycles. The van der Waals surface area contributed by atoms with Crippen molar-refractivity contribution in [2.75, 3.05) is 7.05 Å². The largest absolute Gasteiger partial charge is 0.384 e. The number of benzene rings is 1. The topological polar surface area (TPSA) is 67.5 Å². The van der Waals surface area contributed by atoms with Gasteiger partial charge in [-0.25, -0.2) is 0 Å². The van der Waals surface area contributed by atoms with Gasteiger partial charge in [0.25, 0.3) is 0 Å². The summed E-state index contributed by atoms with van der Waals surface area (Å²) in [7, 11) is 1.67. The van der Waals surface area contributed by atoms with E-state index in [-0.39, 0.29) is 5.91 Å². The van der Waals surface area contributed by atoms with Crippen molar-refractivity contribution in [3.8, 4) is 0 Å². The van der Waals surface area contributed by atoms with E-state index < -0.39 is 0 Å². The molecule has 86 valence electrons. The van der Waals surface area contributed by atoms with E-state index in [0.717, 1.165) is 16.7 Å². The van der Waals surface area contributed by atoms with Gasteiger partial charge in [-0.3, -0.25) is 9.79 Å². The first-order chi connectivity index (χ1) is 7.54. The zero-order valence-corrected chi connectivity index (χ0v) is 9.87. The minimum atomic E-state index is -0.0311. The van der Waals surface area contributed by atoms with Gasteiger partial charge in [-0.2, -0.15) is 0 Å². The molecule has 0 aliphatic carbocycles. The van der Waals surface area contributed by atoms with E-state index in [2.05, 4.69) is 10.3 Å². The number of aryl methyl sites for hydroxylation is 1. The Morgan fingerprint density at radius 3 is 2.69 bits per heavy atom. The average molecular weight is 219 g/mol. The number of hydrogen-bond acceptors (Lipinski definition) is 2. The van der Waals surface area contributed by atoms with Gasteiger partial charge in [-0.05, 0) is 18.1 Å². The van der Waals surface area contributed by atoms with Crippen molar-refractivity contribution in [3.63, 3.8) is 0 Å². The van der Waals surface area contributed by atoms with Gasteiger partial charge in [0.2, 0.25) is 5.91 Å². The van der Waals surface area contributed by atoms with Crippen molar-refractivity contribution in [2.45, 2.75) is 20.4 Å². The van der Waals surface area contributed by atoms with E-state index in [0.29, 0.717) is 12.4 Å². The first-order valence-electron chi connectivity index (χ1n) is 5.11. The maximum atomic E-state index is 10.8. The molecule has 0 heterocycles. The molecule has 4 heteroatoms. The maximum absolute atomic E-state index is 10.8. The molecule has 16 heavy (non-hydrogen) atoms. The van der Waals surface area contributed by atoms with Crippen molar-refractivity contribution >= 4 is 11.7 Å². The molecule has 3 N–H and O–H groups in total. The maximum Gasteiger partial charge on any atom is 0.217 e. The summed E-state index contributed by atoms with van der Waals surface area (Å²) in [6.07, 6.45) is 0. The fourth-order valence-corrected chi connectivity index (χ4v) is 1.47. The van der Waals surface area contributed by atoms with Crippen LogP contribution in [0.2, 0.25) is 0 Å². The standard InChI is InChI=1S/C12H17N3O/c1-8-6-10(7-15-9(2)16)4-5-11(8)12(13)14-3/h4-6H,7H2,1-3H3,(H2,13,14)(H,15,16). The van der Waals surface area contributed by atoms with Crippen LogP contribution < -0.4 is 11.1 Å². The molecule has 0 radical (unpaired) electrons. The lowest BCUT2D eigenvalue weighted by Gasteiger charge is -2.08. The molecule has 1 rings (SSSR count). The summed E-state index contributed by atoms with van der Waals surface area (Å²) >= 11 is 0. The summed E-state index contributed by atoms with van der Waals surface area (Å²) in [6.45, 7) is 4.02. The van der Waals surface area contributed by atoms with E-state index in [9.17, 15) is 4.79 Å². The highest BCUT2D eigenvalue weighted by Crippen LogP contribution is 2.10. The molecule has 0 aliphatic rings. The van der Waals surface area contributed by atoms with E-state index >= 15 is 0 Å². The number of amides is 1. The third kappa shape index (κ3) is 3.08. The monoisotopic (exact) mass is 219 g/mol. The van der Waals surface area contributed by atoms with Crippen LogP contribution in [0.4, 0.5) is 0 Å². The predicted molar refractivity (Wildman–Crippen MR) is 65.3 cm³/mol. The van der Waals surface area contributed by atoms with Crippen LogP contribution in [-0.2, 0) is 11.3 Å². The molecule has 0 spiro atoms. The van der Waals surface area contributed by atoms with Gasteiger partial charge < -0.3 is 11.1 Å². The lowest BCUT2D eigenvalue weighted by Crippen LogP contribution is -2.19. The predicted octanol–water partition coefficient (Wildman–Crippen LogP) is 0.966.